The summed E-state index contributed by atoms with van der Waals surface area (Å²) in [5.41, 5.74) is -0.0707. The Kier molecular flexibility index (Phi) is 8.80. The van der Waals surface area contributed by atoms with Crippen molar-refractivity contribution in [3.05, 3.63) is 94.8 Å². The van der Waals surface area contributed by atoms with Crippen LogP contribution in [0.5, 0.6) is 0 Å². The van der Waals surface area contributed by atoms with Crippen LogP contribution in [0.15, 0.2) is 54.6 Å². The Morgan fingerprint density at radius 3 is 2.08 bits per heavy atom. The second-order valence-corrected chi connectivity index (χ2v) is 9.60. The lowest BCUT2D eigenvalue weighted by Crippen LogP contribution is -2.25. The molecule has 3 aromatic rings. The van der Waals surface area contributed by atoms with E-state index in [9.17, 15) is 13.2 Å². The van der Waals surface area contributed by atoms with Gasteiger partial charge < -0.3 is 4.74 Å². The van der Waals surface area contributed by atoms with Crippen molar-refractivity contribution >= 4 is 0 Å². The minimum absolute atomic E-state index is 0.0244. The van der Waals surface area contributed by atoms with E-state index in [1.165, 1.54) is 30.3 Å². The average Bonchev–Trinajstić information content (AvgIpc) is 2.89. The molecule has 1 aliphatic heterocycles. The Hall–Kier alpha value is -2.99. The van der Waals surface area contributed by atoms with E-state index in [4.69, 9.17) is 4.74 Å². The molecular formula is C31H31F5O. The minimum atomic E-state index is -1.31. The molecule has 0 amide bonds. The number of rotatable bonds is 8. The lowest BCUT2D eigenvalue weighted by molar-refractivity contribution is -0.00800. The van der Waals surface area contributed by atoms with Crippen LogP contribution in [-0.2, 0) is 17.6 Å². The quantitative estimate of drug-likeness (QED) is 0.215. The third-order valence-corrected chi connectivity index (χ3v) is 7.02. The molecule has 0 bridgehead atoms. The average molecular weight is 515 g/mol. The monoisotopic (exact) mass is 514 g/mol. The summed E-state index contributed by atoms with van der Waals surface area (Å²) in [5, 5.41) is 0. The molecule has 4 rings (SSSR count). The van der Waals surface area contributed by atoms with E-state index < -0.39 is 34.6 Å². The minimum Gasteiger partial charge on any atom is -0.378 e. The Balaban J connectivity index is 1.52. The van der Waals surface area contributed by atoms with E-state index in [2.05, 4.69) is 6.08 Å². The summed E-state index contributed by atoms with van der Waals surface area (Å²) >= 11 is 0. The summed E-state index contributed by atoms with van der Waals surface area (Å²) in [5.74, 6) is -4.96. The van der Waals surface area contributed by atoms with Gasteiger partial charge in [0.1, 0.15) is 5.82 Å². The van der Waals surface area contributed by atoms with Gasteiger partial charge >= 0.3 is 0 Å². The molecule has 0 N–H and O–H groups in total. The van der Waals surface area contributed by atoms with Crippen LogP contribution in [0.1, 0.15) is 50.7 Å². The fourth-order valence-electron chi connectivity index (χ4n) is 4.95. The molecule has 37 heavy (non-hydrogen) atoms. The molecule has 0 aromatic heterocycles. The molecule has 196 valence electrons. The summed E-state index contributed by atoms with van der Waals surface area (Å²) in [7, 11) is 0. The molecule has 1 heterocycles. The van der Waals surface area contributed by atoms with Crippen molar-refractivity contribution in [2.45, 2.75) is 58.5 Å². The predicted octanol–water partition coefficient (Wildman–Crippen LogP) is 8.97. The first-order chi connectivity index (χ1) is 17.8. The summed E-state index contributed by atoms with van der Waals surface area (Å²) in [6.45, 7) is 4.50. The third-order valence-electron chi connectivity index (χ3n) is 7.02. The number of hydrogen-bond donors (Lipinski definition) is 0. The maximum absolute atomic E-state index is 15.0. The van der Waals surface area contributed by atoms with E-state index in [-0.39, 0.29) is 34.8 Å². The van der Waals surface area contributed by atoms with Gasteiger partial charge in [-0.25, -0.2) is 22.0 Å². The number of benzene rings is 3. The van der Waals surface area contributed by atoms with Gasteiger partial charge in [-0.3, -0.25) is 0 Å². The van der Waals surface area contributed by atoms with Crippen molar-refractivity contribution in [3.63, 3.8) is 0 Å². The van der Waals surface area contributed by atoms with Gasteiger partial charge in [-0.05, 0) is 61.8 Å². The Labute approximate surface area is 215 Å². The van der Waals surface area contributed by atoms with Gasteiger partial charge in [0.05, 0.1) is 12.7 Å². The summed E-state index contributed by atoms with van der Waals surface area (Å²) in [4.78, 5) is 0. The van der Waals surface area contributed by atoms with Crippen molar-refractivity contribution in [2.75, 3.05) is 6.61 Å². The zero-order chi connectivity index (χ0) is 26.5. The third kappa shape index (κ3) is 5.96. The van der Waals surface area contributed by atoms with E-state index >= 15 is 8.78 Å². The van der Waals surface area contributed by atoms with Crippen LogP contribution in [0.25, 0.3) is 22.3 Å². The van der Waals surface area contributed by atoms with Gasteiger partial charge in [-0.15, -0.1) is 0 Å². The molecule has 0 saturated carbocycles. The van der Waals surface area contributed by atoms with Gasteiger partial charge in [-0.1, -0.05) is 61.9 Å². The zero-order valence-electron chi connectivity index (χ0n) is 21.1. The SMILES string of the molecule is CC=CC1CCC(CCc2ccc(-c3ccc(-c4ccc(CCC)c(F)c4)c(F)c3F)c(F)c2F)OC1. The first-order valence-electron chi connectivity index (χ1n) is 12.8. The van der Waals surface area contributed by atoms with Gasteiger partial charge in [-0.2, -0.15) is 0 Å². The van der Waals surface area contributed by atoms with Crippen LogP contribution in [0, 0.1) is 35.0 Å². The molecule has 1 aliphatic rings. The second kappa shape index (κ2) is 12.0. The van der Waals surface area contributed by atoms with Gasteiger partial charge in [0, 0.05) is 22.6 Å². The lowest BCUT2D eigenvalue weighted by atomic mass is 9.93. The number of halogens is 5. The molecule has 0 aliphatic carbocycles. The Bertz CT molecular complexity index is 1280. The molecule has 1 fully saturated rings. The molecule has 2 atom stereocenters. The van der Waals surface area contributed by atoms with Crippen LogP contribution in [0.4, 0.5) is 22.0 Å². The fourth-order valence-corrected chi connectivity index (χ4v) is 4.95. The highest BCUT2D eigenvalue weighted by Crippen LogP contribution is 2.35. The van der Waals surface area contributed by atoms with E-state index in [1.54, 1.807) is 6.07 Å². The number of hydrogen-bond acceptors (Lipinski definition) is 1. The van der Waals surface area contributed by atoms with Crippen molar-refractivity contribution < 1.29 is 26.7 Å². The highest BCUT2D eigenvalue weighted by molar-refractivity contribution is 5.72. The largest absolute Gasteiger partial charge is 0.378 e. The summed E-state index contributed by atoms with van der Waals surface area (Å²) in [6, 6.07) is 9.37. The van der Waals surface area contributed by atoms with Crippen molar-refractivity contribution in [2.24, 2.45) is 5.92 Å². The predicted molar refractivity (Wildman–Crippen MR) is 137 cm³/mol. The zero-order valence-corrected chi connectivity index (χ0v) is 21.1. The molecule has 2 unspecified atom stereocenters. The van der Waals surface area contributed by atoms with Gasteiger partial charge in [0.2, 0.25) is 0 Å². The molecule has 1 nitrogen and oxygen atoms in total. The maximum atomic E-state index is 15.0. The second-order valence-electron chi connectivity index (χ2n) is 9.60. The molecule has 0 spiro atoms. The van der Waals surface area contributed by atoms with Gasteiger partial charge in [0.15, 0.2) is 23.3 Å². The van der Waals surface area contributed by atoms with Crippen LogP contribution in [0.2, 0.25) is 0 Å². The van der Waals surface area contributed by atoms with E-state index in [1.807, 2.05) is 19.9 Å². The van der Waals surface area contributed by atoms with Crippen LogP contribution in [-0.4, -0.2) is 12.7 Å². The number of allylic oxidation sites excluding steroid dienone is 1. The van der Waals surface area contributed by atoms with Crippen molar-refractivity contribution in [3.8, 4) is 22.3 Å². The smallest absolute Gasteiger partial charge is 0.167 e. The highest BCUT2D eigenvalue weighted by atomic mass is 19.2. The van der Waals surface area contributed by atoms with E-state index in [0.717, 1.165) is 25.3 Å². The van der Waals surface area contributed by atoms with Crippen LogP contribution >= 0.6 is 0 Å². The molecule has 0 radical (unpaired) electrons. The molecular weight excluding hydrogens is 483 g/mol. The fraction of sp³-hybridized carbons (Fsp3) is 0.355. The van der Waals surface area contributed by atoms with Crippen molar-refractivity contribution in [1.29, 1.82) is 0 Å². The normalized spacial score (nSPS) is 18.0. The number of ether oxygens (including phenoxy) is 1. The number of aryl methyl sites for hydroxylation is 2. The Morgan fingerprint density at radius 2 is 1.43 bits per heavy atom. The lowest BCUT2D eigenvalue weighted by Gasteiger charge is -2.27. The molecule has 3 aromatic carbocycles. The highest BCUT2D eigenvalue weighted by Gasteiger charge is 2.23. The van der Waals surface area contributed by atoms with E-state index in [0.29, 0.717) is 30.9 Å². The Morgan fingerprint density at radius 1 is 0.784 bits per heavy atom. The van der Waals surface area contributed by atoms with Crippen LogP contribution < -0.4 is 0 Å². The topological polar surface area (TPSA) is 9.23 Å². The van der Waals surface area contributed by atoms with Crippen molar-refractivity contribution in [1.82, 2.24) is 0 Å². The maximum Gasteiger partial charge on any atom is 0.167 e. The molecule has 6 heteroatoms. The molecule has 1 saturated heterocycles. The summed E-state index contributed by atoms with van der Waals surface area (Å²) in [6.07, 6.45) is 8.03. The summed E-state index contributed by atoms with van der Waals surface area (Å²) < 4.78 is 80.1. The standard InChI is InChI=1S/C31H31F5O/c1-3-5-19-7-12-23(37-18-19)13-10-21-11-14-25(30(35)28(21)33)26-16-15-24(29(34)31(26)36)22-9-8-20(6-4-2)27(32)17-22/h3,5,8-9,11,14-17,19,23H,4,6-7,10,12-13,18H2,1-2H3. The van der Waals surface area contributed by atoms with Crippen LogP contribution in [0.3, 0.4) is 0 Å². The van der Waals surface area contributed by atoms with Gasteiger partial charge in [0.25, 0.3) is 0 Å². The first-order valence-corrected chi connectivity index (χ1v) is 12.8. The first kappa shape index (κ1) is 27.1.